The van der Waals surface area contributed by atoms with Gasteiger partial charge in [-0.3, -0.25) is 20.1 Å². The number of anilines is 1. The molecule has 0 radical (unpaired) electrons. The Bertz CT molecular complexity index is 1710. The van der Waals surface area contributed by atoms with Crippen molar-refractivity contribution in [2.75, 3.05) is 5.32 Å². The molecule has 3 N–H and O–H groups in total. The van der Waals surface area contributed by atoms with Crippen molar-refractivity contribution in [2.45, 2.75) is 13.8 Å². The van der Waals surface area contributed by atoms with E-state index in [-0.39, 0.29) is 0 Å². The number of aromatic nitrogens is 7. The molecule has 0 bridgehead atoms. The van der Waals surface area contributed by atoms with Gasteiger partial charge in [0.15, 0.2) is 5.65 Å². The molecule has 8 heteroatoms. The van der Waals surface area contributed by atoms with E-state index in [0.717, 1.165) is 61.3 Å². The molecule has 0 atom stereocenters. The van der Waals surface area contributed by atoms with Crippen LogP contribution in [0.25, 0.3) is 55.6 Å². The largest absolute Gasteiger partial charge is 0.358 e. The minimum atomic E-state index is 0.325. The molecule has 0 aromatic carbocycles. The first-order valence-corrected chi connectivity index (χ1v) is 11.7. The van der Waals surface area contributed by atoms with Crippen molar-refractivity contribution in [3.63, 3.8) is 0 Å². The number of rotatable bonds is 6. The summed E-state index contributed by atoms with van der Waals surface area (Å²) in [6.45, 7) is 8.30. The lowest BCUT2D eigenvalue weighted by atomic mass is 10.0. The third-order valence-corrected chi connectivity index (χ3v) is 6.29. The van der Waals surface area contributed by atoms with Crippen molar-refractivity contribution in [3.8, 4) is 33.6 Å². The molecule has 0 unspecified atom stereocenters. The lowest BCUT2D eigenvalue weighted by molar-refractivity contribution is 0.778. The minimum Gasteiger partial charge on any atom is -0.358 e. The number of fused-ring (bicyclic) bond motifs is 2. The summed E-state index contributed by atoms with van der Waals surface area (Å²) < 4.78 is 0. The highest BCUT2D eigenvalue weighted by Crippen LogP contribution is 2.34. The number of H-pyrrole nitrogens is 2. The molecule has 6 aromatic rings. The van der Waals surface area contributed by atoms with E-state index in [2.05, 4.69) is 79.1 Å². The van der Waals surface area contributed by atoms with E-state index >= 15 is 0 Å². The first-order valence-electron chi connectivity index (χ1n) is 11.7. The number of nitrogens with zero attached hydrogens (tertiary/aromatic N) is 5. The summed E-state index contributed by atoms with van der Waals surface area (Å²) in [5.41, 5.74) is 9.22. The number of aromatic amines is 2. The second kappa shape index (κ2) is 8.74. The lowest BCUT2D eigenvalue weighted by Gasteiger charge is -2.13. The molecule has 0 aliphatic rings. The maximum atomic E-state index is 4.60. The Hall–Kier alpha value is -4.85. The highest BCUT2D eigenvalue weighted by molar-refractivity contribution is 6.00. The average molecular weight is 473 g/mol. The third kappa shape index (κ3) is 3.88. The van der Waals surface area contributed by atoms with Gasteiger partial charge < -0.3 is 10.3 Å². The van der Waals surface area contributed by atoms with E-state index in [1.807, 2.05) is 36.9 Å². The molecular weight excluding hydrogens is 448 g/mol. The molecule has 36 heavy (non-hydrogen) atoms. The molecule has 0 aliphatic carbocycles. The van der Waals surface area contributed by atoms with E-state index in [1.54, 1.807) is 18.6 Å². The van der Waals surface area contributed by atoms with Crippen LogP contribution in [-0.4, -0.2) is 35.1 Å². The van der Waals surface area contributed by atoms with Gasteiger partial charge in [-0.2, -0.15) is 5.10 Å². The number of hydrogen-bond acceptors (Lipinski definition) is 6. The van der Waals surface area contributed by atoms with Gasteiger partial charge in [0, 0.05) is 64.1 Å². The normalized spacial score (nSPS) is 11.4. The van der Waals surface area contributed by atoms with Crippen molar-refractivity contribution >= 4 is 27.6 Å². The van der Waals surface area contributed by atoms with Crippen LogP contribution in [-0.2, 0) is 0 Å². The fourth-order valence-corrected chi connectivity index (χ4v) is 4.21. The highest BCUT2D eigenvalue weighted by Gasteiger charge is 2.15. The van der Waals surface area contributed by atoms with E-state index in [4.69, 9.17) is 0 Å². The van der Waals surface area contributed by atoms with Gasteiger partial charge >= 0.3 is 0 Å². The van der Waals surface area contributed by atoms with Crippen LogP contribution in [0, 0.1) is 5.92 Å². The molecule has 8 nitrogen and oxygen atoms in total. The van der Waals surface area contributed by atoms with Gasteiger partial charge in [0.2, 0.25) is 0 Å². The van der Waals surface area contributed by atoms with Crippen LogP contribution in [0.1, 0.15) is 13.8 Å². The second-order valence-corrected chi connectivity index (χ2v) is 9.03. The summed E-state index contributed by atoms with van der Waals surface area (Å²) in [7, 11) is 0. The summed E-state index contributed by atoms with van der Waals surface area (Å²) in [4.78, 5) is 21.1. The Morgan fingerprint density at radius 1 is 0.861 bits per heavy atom. The molecule has 0 saturated carbocycles. The van der Waals surface area contributed by atoms with Crippen LogP contribution in [0.4, 0.5) is 5.69 Å². The highest BCUT2D eigenvalue weighted by atomic mass is 15.2. The zero-order chi connectivity index (χ0) is 24.6. The van der Waals surface area contributed by atoms with Crippen molar-refractivity contribution < 1.29 is 0 Å². The third-order valence-electron chi connectivity index (χ3n) is 6.29. The Balaban J connectivity index is 1.41. The molecule has 6 heterocycles. The van der Waals surface area contributed by atoms with E-state index in [9.17, 15) is 0 Å². The fraction of sp³-hybridized carbons (Fsp3) is 0.107. The molecule has 6 rings (SSSR count). The van der Waals surface area contributed by atoms with E-state index < -0.39 is 0 Å². The van der Waals surface area contributed by atoms with Crippen LogP contribution in [0.3, 0.4) is 0 Å². The first kappa shape index (κ1) is 21.7. The number of pyridine rings is 4. The van der Waals surface area contributed by atoms with Crippen LogP contribution in [0.2, 0.25) is 0 Å². The van der Waals surface area contributed by atoms with Gasteiger partial charge in [-0.05, 0) is 41.8 Å². The van der Waals surface area contributed by atoms with Crippen LogP contribution < -0.4 is 5.32 Å². The van der Waals surface area contributed by atoms with Gasteiger partial charge in [0.1, 0.15) is 0 Å². The predicted octanol–water partition coefficient (Wildman–Crippen LogP) is 6.21. The SMILES string of the molecule is C=C(Nc1cncc(-c2cnc3n[nH]c(-c4cc5c(-c6ccncc6)cncc5[nH]4)c3c2)c1)C(C)C. The lowest BCUT2D eigenvalue weighted by Crippen LogP contribution is -2.04. The predicted molar refractivity (Wildman–Crippen MR) is 143 cm³/mol. The van der Waals surface area contributed by atoms with Crippen LogP contribution >= 0.6 is 0 Å². The number of allylic oxidation sites excluding steroid dienone is 1. The maximum absolute atomic E-state index is 4.60. The Morgan fingerprint density at radius 3 is 2.50 bits per heavy atom. The summed E-state index contributed by atoms with van der Waals surface area (Å²) in [6, 6.07) is 10.2. The van der Waals surface area contributed by atoms with Gasteiger partial charge in [-0.1, -0.05) is 20.4 Å². The molecular formula is C28H24N8. The zero-order valence-corrected chi connectivity index (χ0v) is 19.9. The molecule has 176 valence electrons. The molecule has 0 aliphatic heterocycles. The Labute approximate surface area is 207 Å². The van der Waals surface area contributed by atoms with E-state index in [1.165, 1.54) is 0 Å². The zero-order valence-electron chi connectivity index (χ0n) is 19.9. The van der Waals surface area contributed by atoms with Gasteiger partial charge in [-0.15, -0.1) is 0 Å². The molecule has 6 aromatic heterocycles. The van der Waals surface area contributed by atoms with E-state index in [0.29, 0.717) is 11.6 Å². The minimum absolute atomic E-state index is 0.325. The number of hydrogen-bond donors (Lipinski definition) is 3. The summed E-state index contributed by atoms with van der Waals surface area (Å²) >= 11 is 0. The average Bonchev–Trinajstić information content (AvgIpc) is 3.53. The summed E-state index contributed by atoms with van der Waals surface area (Å²) in [5, 5.41) is 12.9. The van der Waals surface area contributed by atoms with Crippen LogP contribution in [0.5, 0.6) is 0 Å². The topological polar surface area (TPSA) is 108 Å². The summed E-state index contributed by atoms with van der Waals surface area (Å²) in [6.07, 6.45) is 12.7. The van der Waals surface area contributed by atoms with Crippen molar-refractivity contribution in [1.82, 2.24) is 35.1 Å². The van der Waals surface area contributed by atoms with Crippen molar-refractivity contribution in [1.29, 1.82) is 0 Å². The summed E-state index contributed by atoms with van der Waals surface area (Å²) in [5.74, 6) is 0.325. The fourth-order valence-electron chi connectivity index (χ4n) is 4.21. The second-order valence-electron chi connectivity index (χ2n) is 9.03. The smallest absolute Gasteiger partial charge is 0.181 e. The molecule has 0 saturated heterocycles. The van der Waals surface area contributed by atoms with Crippen molar-refractivity contribution in [2.24, 2.45) is 5.92 Å². The van der Waals surface area contributed by atoms with Crippen LogP contribution in [0.15, 0.2) is 86.0 Å². The molecule has 0 spiro atoms. The Kier molecular flexibility index (Phi) is 5.26. The quantitative estimate of drug-likeness (QED) is 0.266. The van der Waals surface area contributed by atoms with Gasteiger partial charge in [0.05, 0.1) is 35.0 Å². The van der Waals surface area contributed by atoms with Gasteiger partial charge in [0.25, 0.3) is 0 Å². The van der Waals surface area contributed by atoms with Crippen molar-refractivity contribution in [3.05, 3.63) is 86.0 Å². The number of nitrogens with one attached hydrogen (secondary N) is 3. The molecule has 0 fully saturated rings. The molecule has 0 amide bonds. The Morgan fingerprint density at radius 2 is 1.67 bits per heavy atom. The maximum Gasteiger partial charge on any atom is 0.181 e. The van der Waals surface area contributed by atoms with Gasteiger partial charge in [-0.25, -0.2) is 4.98 Å². The monoisotopic (exact) mass is 472 g/mol. The standard InChI is InChI=1S/C28H24N8/c1-16(2)17(3)33-21-8-19(11-30-13-21)20-9-23-27(35-36-28(23)32-12-20)25-10-22-24(14-31-15-26(22)34-25)18-4-6-29-7-5-18/h4-16,33-34H,3H2,1-2H3,(H,32,35,36). The first-order chi connectivity index (χ1) is 17.6.